The van der Waals surface area contributed by atoms with Crippen molar-refractivity contribution in [3.8, 4) is 0 Å². The fourth-order valence-electron chi connectivity index (χ4n) is 2.18. The van der Waals surface area contributed by atoms with Crippen LogP contribution in [0.1, 0.15) is 12.0 Å². The van der Waals surface area contributed by atoms with E-state index in [1.165, 1.54) is 19.1 Å². The number of nitrogens with one attached hydrogen (secondary N) is 1. The normalized spacial score (nSPS) is 17.1. The standard InChI is InChI=1S/C13H16N2O7S2/c1-9-3-4-10(15-12(16)5-6-23(15,18)19)7-11(9)24(20,21)14-8-13(17)22-2/h3-4,7,14H,5-6,8H2,1-2H3. The lowest BCUT2D eigenvalue weighted by Gasteiger charge is -2.17. The number of benzene rings is 1. The summed E-state index contributed by atoms with van der Waals surface area (Å²) in [6.45, 7) is 0.945. The molecule has 0 bridgehead atoms. The van der Waals surface area contributed by atoms with Crippen LogP contribution in [0, 0.1) is 6.92 Å². The Bertz CT molecular complexity index is 891. The van der Waals surface area contributed by atoms with E-state index >= 15 is 0 Å². The number of sulfonamides is 2. The van der Waals surface area contributed by atoms with Gasteiger partial charge in [0.05, 0.1) is 23.4 Å². The number of carbonyl (C=O) groups is 2. The van der Waals surface area contributed by atoms with Gasteiger partial charge in [0, 0.05) is 6.42 Å². The quantitative estimate of drug-likeness (QED) is 0.687. The molecule has 0 spiro atoms. The average molecular weight is 376 g/mol. The Labute approximate surface area is 139 Å². The number of carbonyl (C=O) groups excluding carboxylic acids is 2. The van der Waals surface area contributed by atoms with Gasteiger partial charge in [-0.15, -0.1) is 0 Å². The lowest BCUT2D eigenvalue weighted by Crippen LogP contribution is -2.32. The first kappa shape index (κ1) is 18.4. The predicted octanol–water partition coefficient (Wildman–Crippen LogP) is -0.487. The van der Waals surface area contributed by atoms with Crippen LogP contribution in [0.15, 0.2) is 23.1 Å². The van der Waals surface area contributed by atoms with Crippen molar-refractivity contribution in [2.45, 2.75) is 18.2 Å². The average Bonchev–Trinajstić information content (AvgIpc) is 2.79. The summed E-state index contributed by atoms with van der Waals surface area (Å²) in [6, 6.07) is 3.84. The maximum Gasteiger partial charge on any atom is 0.320 e. The van der Waals surface area contributed by atoms with Crippen LogP contribution in [0.25, 0.3) is 0 Å². The molecule has 0 unspecified atom stereocenters. The SMILES string of the molecule is COC(=O)CNS(=O)(=O)c1cc(N2C(=O)CCS2(=O)=O)ccc1C. The van der Waals surface area contributed by atoms with Gasteiger partial charge in [-0.05, 0) is 24.6 Å². The van der Waals surface area contributed by atoms with Gasteiger partial charge in [-0.3, -0.25) is 9.59 Å². The summed E-state index contributed by atoms with van der Waals surface area (Å²) in [5.41, 5.74) is 0.279. The Kier molecular flexibility index (Phi) is 4.97. The van der Waals surface area contributed by atoms with Gasteiger partial charge < -0.3 is 4.74 Å². The molecular formula is C13H16N2O7S2. The second kappa shape index (κ2) is 6.49. The molecule has 24 heavy (non-hydrogen) atoms. The fraction of sp³-hybridized carbons (Fsp3) is 0.385. The van der Waals surface area contributed by atoms with Crippen molar-refractivity contribution >= 4 is 37.6 Å². The summed E-state index contributed by atoms with van der Waals surface area (Å²) in [6.07, 6.45) is -0.154. The third-order valence-corrected chi connectivity index (χ3v) is 6.64. The summed E-state index contributed by atoms with van der Waals surface area (Å²) in [7, 11) is -6.77. The molecule has 1 heterocycles. The highest BCUT2D eigenvalue weighted by Crippen LogP contribution is 2.28. The highest BCUT2D eigenvalue weighted by molar-refractivity contribution is 7.94. The Hall–Kier alpha value is -1.98. The molecule has 0 atom stereocenters. The molecule has 1 aliphatic rings. The van der Waals surface area contributed by atoms with E-state index in [0.29, 0.717) is 9.87 Å². The molecule has 1 aromatic carbocycles. The van der Waals surface area contributed by atoms with E-state index in [2.05, 4.69) is 9.46 Å². The largest absolute Gasteiger partial charge is 0.468 e. The molecule has 0 aliphatic carbocycles. The van der Waals surface area contributed by atoms with E-state index in [1.54, 1.807) is 0 Å². The third kappa shape index (κ3) is 3.57. The minimum Gasteiger partial charge on any atom is -0.468 e. The number of ether oxygens (including phenoxy) is 1. The van der Waals surface area contributed by atoms with Crippen molar-refractivity contribution in [3.63, 3.8) is 0 Å². The molecule has 0 aromatic heterocycles. The van der Waals surface area contributed by atoms with E-state index in [0.717, 1.165) is 13.2 Å². The van der Waals surface area contributed by atoms with Crippen LogP contribution < -0.4 is 9.03 Å². The minimum atomic E-state index is -4.09. The van der Waals surface area contributed by atoms with E-state index < -0.39 is 38.5 Å². The van der Waals surface area contributed by atoms with Gasteiger partial charge in [0.25, 0.3) is 0 Å². The molecule has 1 aromatic rings. The van der Waals surface area contributed by atoms with Crippen molar-refractivity contribution in [1.82, 2.24) is 4.72 Å². The zero-order valence-corrected chi connectivity index (χ0v) is 14.6. The molecule has 132 valence electrons. The molecule has 0 saturated carbocycles. The molecule has 2 rings (SSSR count). The molecule has 0 radical (unpaired) electrons. The first-order chi connectivity index (χ1) is 11.1. The van der Waals surface area contributed by atoms with Crippen LogP contribution in [0.4, 0.5) is 5.69 Å². The monoisotopic (exact) mass is 376 g/mol. The number of hydrogen-bond donors (Lipinski definition) is 1. The number of rotatable bonds is 5. The molecule has 1 fully saturated rings. The second-order valence-corrected chi connectivity index (χ2v) is 8.75. The van der Waals surface area contributed by atoms with E-state index in [4.69, 9.17) is 0 Å². The topological polar surface area (TPSA) is 127 Å². The van der Waals surface area contributed by atoms with E-state index in [1.807, 2.05) is 0 Å². The highest BCUT2D eigenvalue weighted by Gasteiger charge is 2.37. The molecule has 1 aliphatic heterocycles. The van der Waals surface area contributed by atoms with Gasteiger partial charge in [-0.1, -0.05) is 6.07 Å². The van der Waals surface area contributed by atoms with Gasteiger partial charge in [0.1, 0.15) is 6.54 Å². The highest BCUT2D eigenvalue weighted by atomic mass is 32.2. The van der Waals surface area contributed by atoms with Crippen molar-refractivity contribution in [1.29, 1.82) is 0 Å². The van der Waals surface area contributed by atoms with Crippen molar-refractivity contribution in [3.05, 3.63) is 23.8 Å². The van der Waals surface area contributed by atoms with Crippen LogP contribution in [0.3, 0.4) is 0 Å². The lowest BCUT2D eigenvalue weighted by molar-refractivity contribution is -0.139. The molecule has 11 heteroatoms. The number of methoxy groups -OCH3 is 1. The molecular weight excluding hydrogens is 360 g/mol. The van der Waals surface area contributed by atoms with E-state index in [-0.39, 0.29) is 22.8 Å². The molecule has 1 saturated heterocycles. The number of anilines is 1. The van der Waals surface area contributed by atoms with Crippen molar-refractivity contribution in [2.24, 2.45) is 0 Å². The summed E-state index contributed by atoms with van der Waals surface area (Å²) in [5.74, 6) is -1.71. The van der Waals surface area contributed by atoms with E-state index in [9.17, 15) is 26.4 Å². The van der Waals surface area contributed by atoms with Crippen molar-refractivity contribution in [2.75, 3.05) is 23.7 Å². The Morgan fingerprint density at radius 2 is 2.04 bits per heavy atom. The smallest absolute Gasteiger partial charge is 0.320 e. The summed E-state index contributed by atoms with van der Waals surface area (Å²) < 4.78 is 55.6. The number of aryl methyl sites for hydroxylation is 1. The first-order valence-electron chi connectivity index (χ1n) is 6.81. The third-order valence-electron chi connectivity index (χ3n) is 3.41. The van der Waals surface area contributed by atoms with Gasteiger partial charge in [0.2, 0.25) is 26.0 Å². The second-order valence-electron chi connectivity index (χ2n) is 5.07. The summed E-state index contributed by atoms with van der Waals surface area (Å²) in [5, 5.41) is 0. The summed E-state index contributed by atoms with van der Waals surface area (Å²) >= 11 is 0. The first-order valence-corrected chi connectivity index (χ1v) is 9.91. The molecule has 1 N–H and O–H groups in total. The zero-order chi connectivity index (χ0) is 18.1. The van der Waals surface area contributed by atoms with Gasteiger partial charge in [-0.2, -0.15) is 4.72 Å². The van der Waals surface area contributed by atoms with Crippen LogP contribution >= 0.6 is 0 Å². The van der Waals surface area contributed by atoms with Crippen LogP contribution in [-0.2, 0) is 34.4 Å². The number of nitrogens with zero attached hydrogens (tertiary/aromatic N) is 1. The maximum atomic E-state index is 12.3. The molecule has 9 nitrogen and oxygen atoms in total. The molecule has 1 amide bonds. The van der Waals surface area contributed by atoms with Crippen LogP contribution in [0.2, 0.25) is 0 Å². The van der Waals surface area contributed by atoms with Gasteiger partial charge in [0.15, 0.2) is 0 Å². The Balaban J connectivity index is 2.42. The zero-order valence-electron chi connectivity index (χ0n) is 13.0. The Morgan fingerprint density at radius 3 is 2.58 bits per heavy atom. The van der Waals surface area contributed by atoms with Crippen LogP contribution in [-0.4, -0.2) is 48.1 Å². The maximum absolute atomic E-state index is 12.3. The minimum absolute atomic E-state index is 0.0541. The Morgan fingerprint density at radius 1 is 1.38 bits per heavy atom. The van der Waals surface area contributed by atoms with Crippen LogP contribution in [0.5, 0.6) is 0 Å². The lowest BCUT2D eigenvalue weighted by atomic mass is 10.2. The van der Waals surface area contributed by atoms with Gasteiger partial charge in [-0.25, -0.2) is 21.1 Å². The number of amides is 1. The summed E-state index contributed by atoms with van der Waals surface area (Å²) in [4.78, 5) is 22.7. The van der Waals surface area contributed by atoms with Gasteiger partial charge >= 0.3 is 5.97 Å². The predicted molar refractivity (Wildman–Crippen MR) is 84.3 cm³/mol. The number of hydrogen-bond acceptors (Lipinski definition) is 7. The fourth-order valence-corrected chi connectivity index (χ4v) is 4.86. The number of esters is 1. The van der Waals surface area contributed by atoms with Crippen molar-refractivity contribution < 1.29 is 31.2 Å².